The highest BCUT2D eigenvalue weighted by Crippen LogP contribution is 2.34. The second-order valence-corrected chi connectivity index (χ2v) is 9.35. The average Bonchev–Trinajstić information content (AvgIpc) is 2.77. The SMILES string of the molecule is C=C(O)c1cc(S(C)(=O)=O)c2nc(N3CCOCC3)nc(-c3ccc(O)c(CF)c3)c2n1. The van der Waals surface area contributed by atoms with Gasteiger partial charge in [0, 0.05) is 30.5 Å². The average molecular weight is 460 g/mol. The molecule has 0 bridgehead atoms. The number of aliphatic hydroxyl groups excluding tert-OH is 1. The minimum absolute atomic E-state index is 0.0493. The number of hydrogen-bond acceptors (Lipinski definition) is 9. The van der Waals surface area contributed by atoms with Gasteiger partial charge in [0.1, 0.15) is 40.6 Å². The monoisotopic (exact) mass is 460 g/mol. The molecule has 0 atom stereocenters. The van der Waals surface area contributed by atoms with Gasteiger partial charge in [0.25, 0.3) is 0 Å². The van der Waals surface area contributed by atoms with Crippen molar-refractivity contribution >= 4 is 32.6 Å². The molecule has 0 amide bonds. The Kier molecular flexibility index (Phi) is 5.70. The molecule has 1 fully saturated rings. The molecule has 2 N–H and O–H groups in total. The molecule has 11 heteroatoms. The van der Waals surface area contributed by atoms with Crippen LogP contribution in [0.1, 0.15) is 11.3 Å². The summed E-state index contributed by atoms with van der Waals surface area (Å²) in [5.41, 5.74) is 0.813. The number of aliphatic hydroxyl groups is 1. The van der Waals surface area contributed by atoms with Crippen molar-refractivity contribution in [3.8, 4) is 17.0 Å². The number of ether oxygens (including phenoxy) is 1. The van der Waals surface area contributed by atoms with Crippen LogP contribution in [0.15, 0.2) is 35.7 Å². The van der Waals surface area contributed by atoms with Gasteiger partial charge in [0.2, 0.25) is 5.95 Å². The fourth-order valence-corrected chi connectivity index (χ4v) is 4.26. The molecule has 0 spiro atoms. The summed E-state index contributed by atoms with van der Waals surface area (Å²) >= 11 is 0. The lowest BCUT2D eigenvalue weighted by atomic mass is 10.1. The molecule has 2 aromatic heterocycles. The number of sulfone groups is 1. The topological polar surface area (TPSA) is 126 Å². The highest BCUT2D eigenvalue weighted by molar-refractivity contribution is 7.91. The number of nitrogens with zero attached hydrogens (tertiary/aromatic N) is 4. The van der Waals surface area contributed by atoms with E-state index in [0.29, 0.717) is 31.9 Å². The summed E-state index contributed by atoms with van der Waals surface area (Å²) in [6.45, 7) is 4.47. The number of benzene rings is 1. The summed E-state index contributed by atoms with van der Waals surface area (Å²) in [5.74, 6) is -0.361. The Labute approximate surface area is 183 Å². The highest BCUT2D eigenvalue weighted by Gasteiger charge is 2.24. The second-order valence-electron chi connectivity index (χ2n) is 7.37. The van der Waals surface area contributed by atoms with E-state index in [4.69, 9.17) is 4.74 Å². The number of aromatic hydroxyl groups is 1. The molecule has 32 heavy (non-hydrogen) atoms. The Balaban J connectivity index is 2.09. The third-order valence-corrected chi connectivity index (χ3v) is 6.20. The van der Waals surface area contributed by atoms with Gasteiger partial charge in [-0.25, -0.2) is 27.8 Å². The molecular formula is C21H21FN4O5S. The summed E-state index contributed by atoms with van der Waals surface area (Å²) in [7, 11) is -3.78. The van der Waals surface area contributed by atoms with Crippen LogP contribution in [0.25, 0.3) is 28.0 Å². The molecule has 0 saturated carbocycles. The van der Waals surface area contributed by atoms with Crippen LogP contribution in [0.5, 0.6) is 5.75 Å². The number of rotatable bonds is 5. The maximum Gasteiger partial charge on any atom is 0.226 e. The smallest absolute Gasteiger partial charge is 0.226 e. The van der Waals surface area contributed by atoms with Crippen molar-refractivity contribution in [2.75, 3.05) is 37.5 Å². The van der Waals surface area contributed by atoms with Crippen LogP contribution in [0.2, 0.25) is 0 Å². The lowest BCUT2D eigenvalue weighted by Gasteiger charge is -2.27. The quantitative estimate of drug-likeness (QED) is 0.553. The predicted molar refractivity (Wildman–Crippen MR) is 117 cm³/mol. The summed E-state index contributed by atoms with van der Waals surface area (Å²) in [5, 5.41) is 19.8. The van der Waals surface area contributed by atoms with Gasteiger partial charge in [-0.3, -0.25) is 0 Å². The van der Waals surface area contributed by atoms with Crippen LogP contribution in [0.3, 0.4) is 0 Å². The zero-order valence-electron chi connectivity index (χ0n) is 17.2. The van der Waals surface area contributed by atoms with Crippen LogP contribution in [0, 0.1) is 0 Å². The minimum atomic E-state index is -3.78. The van der Waals surface area contributed by atoms with Gasteiger partial charge in [-0.15, -0.1) is 0 Å². The second kappa shape index (κ2) is 8.32. The number of phenols is 1. The number of fused-ring (bicyclic) bond motifs is 1. The first-order valence-electron chi connectivity index (χ1n) is 9.71. The first-order chi connectivity index (χ1) is 15.2. The van der Waals surface area contributed by atoms with E-state index >= 15 is 0 Å². The standard InChI is InChI=1S/C21H21FN4O5S/c1-12(27)15-10-17(32(2,29)30)19-20(23-15)18(13-3-4-16(28)14(9-13)11-22)24-21(25-19)26-5-7-31-8-6-26/h3-4,9-10,27-28H,1,5-8,11H2,2H3. The normalized spacial score (nSPS) is 14.6. The molecule has 3 heterocycles. The van der Waals surface area contributed by atoms with Crippen LogP contribution in [-0.4, -0.2) is 66.1 Å². The van der Waals surface area contributed by atoms with Crippen molar-refractivity contribution in [1.29, 1.82) is 0 Å². The van der Waals surface area contributed by atoms with Gasteiger partial charge >= 0.3 is 0 Å². The summed E-state index contributed by atoms with van der Waals surface area (Å²) < 4.78 is 43.9. The van der Waals surface area contributed by atoms with Crippen molar-refractivity contribution < 1.29 is 27.8 Å². The van der Waals surface area contributed by atoms with Gasteiger partial charge in [-0.1, -0.05) is 6.58 Å². The maximum absolute atomic E-state index is 13.4. The zero-order valence-corrected chi connectivity index (χ0v) is 18.1. The van der Waals surface area contributed by atoms with E-state index in [2.05, 4.69) is 21.5 Å². The number of phenolic OH excluding ortho intramolecular Hbond substituents is 1. The van der Waals surface area contributed by atoms with E-state index < -0.39 is 22.3 Å². The molecule has 0 aliphatic carbocycles. The molecule has 1 aromatic carbocycles. The van der Waals surface area contributed by atoms with Gasteiger partial charge in [0.05, 0.1) is 18.1 Å². The molecule has 1 aliphatic rings. The molecule has 0 radical (unpaired) electrons. The molecule has 3 aromatic rings. The third kappa shape index (κ3) is 4.08. The van der Waals surface area contributed by atoms with E-state index in [1.807, 2.05) is 4.90 Å². The van der Waals surface area contributed by atoms with Crippen molar-refractivity contribution in [2.45, 2.75) is 11.6 Å². The Morgan fingerprint density at radius 1 is 1.19 bits per heavy atom. The van der Waals surface area contributed by atoms with E-state index in [0.717, 1.165) is 6.26 Å². The van der Waals surface area contributed by atoms with Gasteiger partial charge in [-0.2, -0.15) is 0 Å². The number of alkyl halides is 1. The van der Waals surface area contributed by atoms with Crippen molar-refractivity contribution in [3.63, 3.8) is 0 Å². The number of halogens is 1. The Bertz CT molecular complexity index is 1320. The fourth-order valence-electron chi connectivity index (χ4n) is 3.44. The largest absolute Gasteiger partial charge is 0.508 e. The summed E-state index contributed by atoms with van der Waals surface area (Å²) in [6, 6.07) is 5.49. The molecule has 9 nitrogen and oxygen atoms in total. The van der Waals surface area contributed by atoms with Crippen LogP contribution >= 0.6 is 0 Å². The Morgan fingerprint density at radius 2 is 1.91 bits per heavy atom. The van der Waals surface area contributed by atoms with Crippen LogP contribution in [-0.2, 0) is 21.2 Å². The summed E-state index contributed by atoms with van der Waals surface area (Å²) in [4.78, 5) is 15.2. The molecule has 1 saturated heterocycles. The van der Waals surface area contributed by atoms with Gasteiger partial charge in [-0.05, 0) is 24.3 Å². The third-order valence-electron chi connectivity index (χ3n) is 5.09. The van der Waals surface area contributed by atoms with Crippen molar-refractivity contribution in [3.05, 3.63) is 42.1 Å². The number of pyridine rings is 1. The van der Waals surface area contributed by atoms with E-state index in [9.17, 15) is 23.0 Å². The molecule has 1 aliphatic heterocycles. The van der Waals surface area contributed by atoms with Crippen LogP contribution in [0.4, 0.5) is 10.3 Å². The van der Waals surface area contributed by atoms with Crippen molar-refractivity contribution in [1.82, 2.24) is 15.0 Å². The zero-order chi connectivity index (χ0) is 23.0. The Hall–Kier alpha value is -3.31. The number of aromatic nitrogens is 3. The number of anilines is 1. The van der Waals surface area contributed by atoms with E-state index in [1.54, 1.807) is 0 Å². The lowest BCUT2D eigenvalue weighted by Crippen LogP contribution is -2.37. The first kappa shape index (κ1) is 21.9. The van der Waals surface area contributed by atoms with E-state index in [1.165, 1.54) is 24.3 Å². The van der Waals surface area contributed by atoms with Gasteiger partial charge < -0.3 is 19.8 Å². The maximum atomic E-state index is 13.4. The van der Waals surface area contributed by atoms with E-state index in [-0.39, 0.29) is 44.6 Å². The fraction of sp³-hybridized carbons (Fsp3) is 0.286. The molecule has 0 unspecified atom stereocenters. The van der Waals surface area contributed by atoms with Crippen LogP contribution < -0.4 is 4.90 Å². The number of hydrogen-bond donors (Lipinski definition) is 2. The molecular weight excluding hydrogens is 439 g/mol. The molecule has 168 valence electrons. The molecule has 4 rings (SSSR count). The number of morpholine rings is 1. The lowest BCUT2D eigenvalue weighted by molar-refractivity contribution is 0.122. The Morgan fingerprint density at radius 3 is 2.53 bits per heavy atom. The predicted octanol–water partition coefficient (Wildman–Crippen LogP) is 2.64. The highest BCUT2D eigenvalue weighted by atomic mass is 32.2. The minimum Gasteiger partial charge on any atom is -0.508 e. The van der Waals surface area contributed by atoms with Gasteiger partial charge in [0.15, 0.2) is 9.84 Å². The first-order valence-corrected chi connectivity index (χ1v) is 11.6. The van der Waals surface area contributed by atoms with Crippen molar-refractivity contribution in [2.24, 2.45) is 0 Å². The summed E-state index contributed by atoms with van der Waals surface area (Å²) in [6.07, 6.45) is 1.03.